The summed E-state index contributed by atoms with van der Waals surface area (Å²) >= 11 is 6.40. The Morgan fingerprint density at radius 3 is 2.72 bits per heavy atom. The van der Waals surface area contributed by atoms with Gasteiger partial charge in [0.1, 0.15) is 5.75 Å². The van der Waals surface area contributed by atoms with Gasteiger partial charge in [0.15, 0.2) is 0 Å². The van der Waals surface area contributed by atoms with Crippen LogP contribution in [0.2, 0.25) is 5.02 Å². The van der Waals surface area contributed by atoms with Crippen LogP contribution in [0.1, 0.15) is 73.4 Å². The Labute approximate surface area is 259 Å². The summed E-state index contributed by atoms with van der Waals surface area (Å²) < 4.78 is 17.9. The van der Waals surface area contributed by atoms with Gasteiger partial charge in [-0.2, -0.15) is 0 Å². The third-order valence-corrected chi connectivity index (χ3v) is 10.5. The van der Waals surface area contributed by atoms with Gasteiger partial charge >= 0.3 is 11.9 Å². The first-order valence-electron chi connectivity index (χ1n) is 15.7. The largest absolute Gasteiger partial charge is 0.490 e. The number of ether oxygens (including phenoxy) is 3. The van der Waals surface area contributed by atoms with Crippen LogP contribution in [0.25, 0.3) is 0 Å². The summed E-state index contributed by atoms with van der Waals surface area (Å²) in [6.07, 6.45) is 9.80. The molecule has 0 saturated heterocycles. The molecule has 8 heteroatoms. The molecular weight excluding hydrogens is 566 g/mol. The van der Waals surface area contributed by atoms with Gasteiger partial charge in [-0.15, -0.1) is 0 Å². The SMILES string of the molecule is CCOC(=O)[C@H]1CC=C([C@@H](OC)[C@@H]2CC[C@H]2CN2CC3(CCCc4cc(Cl)ccc43)COc3ccc(C(=O)O)cc32)CC1. The van der Waals surface area contributed by atoms with Crippen molar-refractivity contribution in [2.75, 3.05) is 38.3 Å². The number of hydrogen-bond acceptors (Lipinski definition) is 6. The Morgan fingerprint density at radius 1 is 1.16 bits per heavy atom. The molecule has 43 heavy (non-hydrogen) atoms. The number of fused-ring (bicyclic) bond motifs is 3. The number of methoxy groups -OCH3 is 1. The van der Waals surface area contributed by atoms with E-state index in [2.05, 4.69) is 23.1 Å². The van der Waals surface area contributed by atoms with Crippen LogP contribution in [0.5, 0.6) is 5.75 Å². The van der Waals surface area contributed by atoms with Crippen molar-refractivity contribution in [3.05, 3.63) is 69.8 Å². The first kappa shape index (κ1) is 30.0. The average molecular weight is 608 g/mol. The van der Waals surface area contributed by atoms with Crippen molar-refractivity contribution < 1.29 is 28.9 Å². The molecule has 0 amide bonds. The Morgan fingerprint density at radius 2 is 2.02 bits per heavy atom. The second kappa shape index (κ2) is 12.5. The van der Waals surface area contributed by atoms with Gasteiger partial charge in [0.2, 0.25) is 0 Å². The second-order valence-corrected chi connectivity index (χ2v) is 13.2. The molecular formula is C35H42ClNO6. The molecule has 230 valence electrons. The summed E-state index contributed by atoms with van der Waals surface area (Å²) in [6.45, 7) is 4.35. The van der Waals surface area contributed by atoms with Crippen LogP contribution >= 0.6 is 11.6 Å². The number of allylic oxidation sites excluding steroid dienone is 1. The number of carbonyl (C=O) groups excluding carboxylic acids is 1. The number of nitrogens with zero attached hydrogens (tertiary/aromatic N) is 1. The number of carbonyl (C=O) groups is 2. The molecule has 3 aliphatic carbocycles. The lowest BCUT2D eigenvalue weighted by Crippen LogP contribution is -2.50. The van der Waals surface area contributed by atoms with E-state index in [1.54, 1.807) is 19.2 Å². The summed E-state index contributed by atoms with van der Waals surface area (Å²) in [5.74, 6) is 0.377. The summed E-state index contributed by atoms with van der Waals surface area (Å²) in [5.41, 5.74) is 4.78. The Balaban J connectivity index is 1.28. The van der Waals surface area contributed by atoms with Gasteiger partial charge in [-0.1, -0.05) is 23.7 Å². The number of anilines is 1. The lowest BCUT2D eigenvalue weighted by Gasteiger charge is -2.47. The van der Waals surface area contributed by atoms with E-state index in [1.165, 1.54) is 16.7 Å². The minimum Gasteiger partial charge on any atom is -0.490 e. The van der Waals surface area contributed by atoms with Crippen molar-refractivity contribution in [1.82, 2.24) is 0 Å². The molecule has 0 aromatic heterocycles. The highest BCUT2D eigenvalue weighted by atomic mass is 35.5. The van der Waals surface area contributed by atoms with Gasteiger partial charge in [-0.3, -0.25) is 4.79 Å². The van der Waals surface area contributed by atoms with E-state index in [-0.39, 0.29) is 29.0 Å². The molecule has 1 saturated carbocycles. The number of hydrogen-bond donors (Lipinski definition) is 1. The summed E-state index contributed by atoms with van der Waals surface area (Å²) in [6, 6.07) is 11.5. The summed E-state index contributed by atoms with van der Waals surface area (Å²) in [7, 11) is 1.80. The number of rotatable bonds is 8. The van der Waals surface area contributed by atoms with E-state index >= 15 is 0 Å². The molecule has 2 aromatic carbocycles. The highest BCUT2D eigenvalue weighted by Crippen LogP contribution is 2.48. The van der Waals surface area contributed by atoms with E-state index in [4.69, 9.17) is 25.8 Å². The number of carboxylic acids is 1. The van der Waals surface area contributed by atoms with Crippen molar-refractivity contribution in [2.45, 2.75) is 69.8 Å². The van der Waals surface area contributed by atoms with Gasteiger partial charge in [-0.05, 0) is 117 Å². The molecule has 1 heterocycles. The predicted octanol–water partition coefficient (Wildman–Crippen LogP) is 6.84. The molecule has 1 spiro atoms. The van der Waals surface area contributed by atoms with Crippen LogP contribution < -0.4 is 9.64 Å². The van der Waals surface area contributed by atoms with Crippen molar-refractivity contribution in [3.8, 4) is 5.75 Å². The summed E-state index contributed by atoms with van der Waals surface area (Å²) in [4.78, 5) is 26.7. The Bertz CT molecular complexity index is 1410. The molecule has 2 aromatic rings. The normalized spacial score (nSPS) is 27.1. The topological polar surface area (TPSA) is 85.3 Å². The number of halogens is 1. The molecule has 1 fully saturated rings. The van der Waals surface area contributed by atoms with Crippen LogP contribution in [-0.2, 0) is 26.1 Å². The lowest BCUT2D eigenvalue weighted by molar-refractivity contribution is -0.148. The van der Waals surface area contributed by atoms with Crippen LogP contribution in [-0.4, -0.2) is 56.6 Å². The maximum atomic E-state index is 12.3. The third kappa shape index (κ3) is 5.91. The van der Waals surface area contributed by atoms with E-state index in [0.717, 1.165) is 74.5 Å². The fraction of sp³-hybridized carbons (Fsp3) is 0.543. The van der Waals surface area contributed by atoms with Gasteiger partial charge < -0.3 is 24.2 Å². The van der Waals surface area contributed by atoms with Gasteiger partial charge in [0.25, 0.3) is 0 Å². The van der Waals surface area contributed by atoms with Crippen molar-refractivity contribution in [3.63, 3.8) is 0 Å². The van der Waals surface area contributed by atoms with E-state index in [1.807, 2.05) is 19.1 Å². The molecule has 5 atom stereocenters. The lowest BCUT2D eigenvalue weighted by atomic mass is 9.66. The molecule has 6 rings (SSSR count). The van der Waals surface area contributed by atoms with Crippen LogP contribution in [0.3, 0.4) is 0 Å². The first-order valence-corrected chi connectivity index (χ1v) is 16.1. The maximum Gasteiger partial charge on any atom is 0.335 e. The second-order valence-electron chi connectivity index (χ2n) is 12.8. The predicted molar refractivity (Wildman–Crippen MR) is 166 cm³/mol. The number of benzene rings is 2. The molecule has 0 bridgehead atoms. The molecule has 7 nitrogen and oxygen atoms in total. The van der Waals surface area contributed by atoms with Crippen LogP contribution in [0.15, 0.2) is 48.0 Å². The first-order chi connectivity index (χ1) is 20.8. The van der Waals surface area contributed by atoms with Gasteiger partial charge in [0.05, 0.1) is 36.5 Å². The Hall–Kier alpha value is -3.03. The highest BCUT2D eigenvalue weighted by molar-refractivity contribution is 6.30. The average Bonchev–Trinajstić information content (AvgIpc) is 3.15. The van der Waals surface area contributed by atoms with Crippen molar-refractivity contribution in [2.24, 2.45) is 17.8 Å². The zero-order valence-corrected chi connectivity index (χ0v) is 25.9. The van der Waals surface area contributed by atoms with Crippen LogP contribution in [0.4, 0.5) is 5.69 Å². The monoisotopic (exact) mass is 607 g/mol. The van der Waals surface area contributed by atoms with Gasteiger partial charge in [-0.25, -0.2) is 4.79 Å². The highest BCUT2D eigenvalue weighted by Gasteiger charge is 2.45. The zero-order chi connectivity index (χ0) is 30.1. The van der Waals surface area contributed by atoms with Crippen molar-refractivity contribution in [1.29, 1.82) is 0 Å². The standard InChI is InChI=1S/C35H42ClNO6/c1-3-42-34(40)23-8-6-22(7-9-23)32(41-2)28-13-10-26(28)19-37-20-35(16-4-5-24-17-27(36)12-14-29(24)35)21-43-31-15-11-25(33(38)39)18-30(31)37/h6,11-12,14-15,17-18,23,26,28,32H,3-5,7-10,13,16,19-21H2,1-2H3,(H,38,39)/t23-,26-,28+,32+,35?/m0/s1. The quantitative estimate of drug-likeness (QED) is 0.260. The Kier molecular flexibility index (Phi) is 8.74. The maximum absolute atomic E-state index is 12.3. The number of aryl methyl sites for hydroxylation is 1. The van der Waals surface area contributed by atoms with E-state index in [9.17, 15) is 14.7 Å². The minimum atomic E-state index is -0.939. The number of carboxylic acid groups (broad SMARTS) is 1. The third-order valence-electron chi connectivity index (χ3n) is 10.3. The zero-order valence-electron chi connectivity index (χ0n) is 25.1. The van der Waals surface area contributed by atoms with Crippen LogP contribution in [0, 0.1) is 17.8 Å². The molecule has 1 N–H and O–H groups in total. The summed E-state index contributed by atoms with van der Waals surface area (Å²) in [5, 5.41) is 10.6. The van der Waals surface area contributed by atoms with E-state index < -0.39 is 5.97 Å². The van der Waals surface area contributed by atoms with E-state index in [0.29, 0.717) is 31.5 Å². The number of aromatic carboxylic acids is 1. The molecule has 1 unspecified atom stereocenters. The van der Waals surface area contributed by atoms with Gasteiger partial charge in [0, 0.05) is 30.6 Å². The fourth-order valence-electron chi connectivity index (χ4n) is 7.94. The minimum absolute atomic E-state index is 0.0152. The molecule has 0 radical (unpaired) electrons. The molecule has 4 aliphatic rings. The smallest absolute Gasteiger partial charge is 0.335 e. The number of esters is 1. The molecule has 1 aliphatic heterocycles. The van der Waals surface area contributed by atoms with Crippen molar-refractivity contribution >= 4 is 29.2 Å². The fourth-order valence-corrected chi connectivity index (χ4v) is 8.13.